The summed E-state index contributed by atoms with van der Waals surface area (Å²) in [6, 6.07) is 7.29. The Kier molecular flexibility index (Phi) is 7.79. The fraction of sp³-hybridized carbons (Fsp3) is 0.357. The summed E-state index contributed by atoms with van der Waals surface area (Å²) >= 11 is 6.46. The maximum Gasteiger partial charge on any atom is 0.416 e. The number of H-pyrrole nitrogens is 1. The number of allylic oxidation sites excluding steroid dienone is 1. The number of likely N-dealkylation sites (tertiary alicyclic amines) is 1. The Morgan fingerprint density at radius 3 is 2.60 bits per heavy atom. The lowest BCUT2D eigenvalue weighted by Gasteiger charge is -2.25. The van der Waals surface area contributed by atoms with Gasteiger partial charge in [0, 0.05) is 17.0 Å². The van der Waals surface area contributed by atoms with Gasteiger partial charge in [0.15, 0.2) is 0 Å². The molecule has 2 unspecified atom stereocenters. The number of aliphatic hydroxyl groups excluding tert-OH is 1. The summed E-state index contributed by atoms with van der Waals surface area (Å²) in [4.78, 5) is 41.7. The third-order valence-corrected chi connectivity index (χ3v) is 8.08. The number of β-amino-alcohol motifs (C(OH)–C–C–N with tert-alkyl or cyclic N) is 1. The van der Waals surface area contributed by atoms with Gasteiger partial charge >= 0.3 is 12.3 Å². The molecule has 2 N–H and O–H groups in total. The molecule has 0 radical (unpaired) electrons. The molecule has 0 spiro atoms. The molecule has 2 fully saturated rings. The fourth-order valence-corrected chi connectivity index (χ4v) is 6.11. The van der Waals surface area contributed by atoms with Crippen molar-refractivity contribution < 1.29 is 37.4 Å². The highest BCUT2D eigenvalue weighted by Gasteiger charge is 2.48. The summed E-state index contributed by atoms with van der Waals surface area (Å²) in [6.07, 6.45) is -5.49. The SMILES string of the molecule is CC(C)(C)OC(=O)N1CC(O)C(N2C(=O)SC(=C(Cc3ccc(Cl)cc3C(F)(F)F)c3ccc4[nH]ncc4c3)C2=O)C1. The lowest BCUT2D eigenvalue weighted by atomic mass is 9.93. The lowest BCUT2D eigenvalue weighted by molar-refractivity contribution is -0.138. The maximum absolute atomic E-state index is 14.0. The highest BCUT2D eigenvalue weighted by molar-refractivity contribution is 8.18. The molecule has 2 aliphatic heterocycles. The Labute approximate surface area is 247 Å². The number of carbonyl (C=O) groups excluding carboxylic acids is 3. The first-order valence-corrected chi connectivity index (χ1v) is 14.1. The van der Waals surface area contributed by atoms with Gasteiger partial charge in [-0.25, -0.2) is 4.79 Å². The van der Waals surface area contributed by atoms with Crippen LogP contribution in [0.25, 0.3) is 16.5 Å². The van der Waals surface area contributed by atoms with E-state index in [4.69, 9.17) is 16.3 Å². The van der Waals surface area contributed by atoms with E-state index in [2.05, 4.69) is 10.2 Å². The number of ether oxygens (including phenoxy) is 1. The number of carbonyl (C=O) groups is 3. The minimum atomic E-state index is -4.72. The largest absolute Gasteiger partial charge is 0.444 e. The minimum Gasteiger partial charge on any atom is -0.444 e. The Bertz CT molecular complexity index is 1620. The molecule has 3 heterocycles. The average Bonchev–Trinajstić information content (AvgIpc) is 3.58. The van der Waals surface area contributed by atoms with E-state index in [0.29, 0.717) is 28.2 Å². The minimum absolute atomic E-state index is 0.0752. The zero-order valence-corrected chi connectivity index (χ0v) is 24.2. The van der Waals surface area contributed by atoms with Gasteiger partial charge in [-0.05, 0) is 79.9 Å². The van der Waals surface area contributed by atoms with Crippen LogP contribution in [0.15, 0.2) is 47.5 Å². The van der Waals surface area contributed by atoms with Crippen LogP contribution in [-0.4, -0.2) is 73.2 Å². The molecule has 2 atom stereocenters. The van der Waals surface area contributed by atoms with E-state index < -0.39 is 46.7 Å². The number of alkyl halides is 3. The topological polar surface area (TPSA) is 116 Å². The van der Waals surface area contributed by atoms with Gasteiger partial charge in [-0.2, -0.15) is 18.3 Å². The van der Waals surface area contributed by atoms with E-state index in [9.17, 15) is 32.7 Å². The third kappa shape index (κ3) is 5.99. The van der Waals surface area contributed by atoms with Crippen molar-refractivity contribution in [1.29, 1.82) is 0 Å². The van der Waals surface area contributed by atoms with Crippen molar-refractivity contribution in [1.82, 2.24) is 20.0 Å². The number of hydrogen-bond donors (Lipinski definition) is 2. The second-order valence-corrected chi connectivity index (χ2v) is 12.4. The van der Waals surface area contributed by atoms with E-state index in [1.54, 1.807) is 39.0 Å². The van der Waals surface area contributed by atoms with Gasteiger partial charge in [0.1, 0.15) is 5.60 Å². The number of aromatic amines is 1. The predicted octanol–water partition coefficient (Wildman–Crippen LogP) is 5.86. The number of benzene rings is 2. The van der Waals surface area contributed by atoms with Crippen molar-refractivity contribution >= 4 is 57.1 Å². The quantitative estimate of drug-likeness (QED) is 0.350. The predicted molar refractivity (Wildman–Crippen MR) is 151 cm³/mol. The molecule has 42 heavy (non-hydrogen) atoms. The molecule has 9 nitrogen and oxygen atoms in total. The number of nitrogens with one attached hydrogen (secondary N) is 1. The molecule has 3 amide bonds. The van der Waals surface area contributed by atoms with E-state index in [0.717, 1.165) is 11.0 Å². The normalized spacial score (nSPS) is 21.0. The third-order valence-electron chi connectivity index (χ3n) is 6.85. The molecule has 0 bridgehead atoms. The molecular weight excluding hydrogens is 597 g/mol. The molecule has 0 saturated carbocycles. The summed E-state index contributed by atoms with van der Waals surface area (Å²) in [6.45, 7) is 4.73. The number of nitrogens with zero attached hydrogens (tertiary/aromatic N) is 3. The number of imide groups is 1. The van der Waals surface area contributed by atoms with Crippen molar-refractivity contribution in [2.24, 2.45) is 0 Å². The smallest absolute Gasteiger partial charge is 0.416 e. The Balaban J connectivity index is 1.55. The molecule has 2 aliphatic rings. The van der Waals surface area contributed by atoms with Crippen molar-refractivity contribution in [3.63, 3.8) is 0 Å². The number of halogens is 4. The summed E-state index contributed by atoms with van der Waals surface area (Å²) in [5, 5.41) is 17.4. The Morgan fingerprint density at radius 2 is 1.90 bits per heavy atom. The second kappa shape index (κ2) is 10.9. The van der Waals surface area contributed by atoms with E-state index in [1.807, 2.05) is 0 Å². The van der Waals surface area contributed by atoms with Gasteiger partial charge in [-0.3, -0.25) is 19.6 Å². The summed E-state index contributed by atoms with van der Waals surface area (Å²) < 4.78 is 47.3. The molecule has 5 rings (SSSR count). The van der Waals surface area contributed by atoms with E-state index in [-0.39, 0.29) is 40.6 Å². The van der Waals surface area contributed by atoms with Gasteiger partial charge in [-0.1, -0.05) is 23.7 Å². The molecule has 1 aromatic heterocycles. The molecule has 2 aromatic carbocycles. The van der Waals surface area contributed by atoms with Crippen LogP contribution in [0.3, 0.4) is 0 Å². The summed E-state index contributed by atoms with van der Waals surface area (Å²) in [5.74, 6) is -0.773. The second-order valence-electron chi connectivity index (χ2n) is 11.0. The molecule has 14 heteroatoms. The zero-order valence-electron chi connectivity index (χ0n) is 22.7. The van der Waals surface area contributed by atoms with Crippen LogP contribution < -0.4 is 0 Å². The molecule has 222 valence electrons. The van der Waals surface area contributed by atoms with Crippen LogP contribution in [0.4, 0.5) is 22.8 Å². The number of fused-ring (bicyclic) bond motifs is 1. The lowest BCUT2D eigenvalue weighted by Crippen LogP contribution is -2.46. The van der Waals surface area contributed by atoms with Gasteiger partial charge in [-0.15, -0.1) is 0 Å². The summed E-state index contributed by atoms with van der Waals surface area (Å²) in [7, 11) is 0. The highest BCUT2D eigenvalue weighted by atomic mass is 35.5. The first-order valence-electron chi connectivity index (χ1n) is 12.9. The van der Waals surface area contributed by atoms with E-state index >= 15 is 0 Å². The number of rotatable bonds is 4. The molecule has 3 aromatic rings. The Morgan fingerprint density at radius 1 is 1.17 bits per heavy atom. The van der Waals surface area contributed by atoms with Gasteiger partial charge < -0.3 is 14.7 Å². The first-order chi connectivity index (χ1) is 19.6. The fourth-order valence-electron chi connectivity index (χ4n) is 4.95. The standard InChI is InChI=1S/C28H26ClF3N4O5S/c1-27(2,3)41-25(39)35-12-21(22(37)13-35)36-24(38)23(42-26(36)40)18(14-5-7-20-16(8-14)11-33-34-20)9-15-4-6-17(29)10-19(15)28(30,31)32/h4-8,10-11,21-22,37H,9,12-13H2,1-3H3,(H,33,34). The monoisotopic (exact) mass is 622 g/mol. The van der Waals surface area contributed by atoms with Crippen LogP contribution >= 0.6 is 23.4 Å². The van der Waals surface area contributed by atoms with Crippen molar-refractivity contribution in [2.45, 2.75) is 51.1 Å². The van der Waals surface area contributed by atoms with E-state index in [1.165, 1.54) is 23.2 Å². The number of aliphatic hydroxyl groups is 1. The highest BCUT2D eigenvalue weighted by Crippen LogP contribution is 2.42. The average molecular weight is 623 g/mol. The van der Waals surface area contributed by atoms with Gasteiger partial charge in [0.05, 0.1) is 40.9 Å². The van der Waals surface area contributed by atoms with Gasteiger partial charge in [0.25, 0.3) is 11.1 Å². The number of hydrogen-bond acceptors (Lipinski definition) is 7. The molecule has 2 saturated heterocycles. The maximum atomic E-state index is 14.0. The van der Waals surface area contributed by atoms with Crippen LogP contribution in [0.2, 0.25) is 5.02 Å². The van der Waals surface area contributed by atoms with Crippen molar-refractivity contribution in [3.05, 3.63) is 69.2 Å². The zero-order chi connectivity index (χ0) is 30.6. The van der Waals surface area contributed by atoms with Crippen LogP contribution in [0.5, 0.6) is 0 Å². The molecular formula is C28H26ClF3N4O5S. The van der Waals surface area contributed by atoms with Crippen LogP contribution in [-0.2, 0) is 22.1 Å². The van der Waals surface area contributed by atoms with Crippen LogP contribution in [0, 0.1) is 0 Å². The Hall–Kier alpha value is -3.55. The number of amides is 3. The van der Waals surface area contributed by atoms with Crippen molar-refractivity contribution in [3.8, 4) is 0 Å². The van der Waals surface area contributed by atoms with Gasteiger partial charge in [0.2, 0.25) is 0 Å². The molecule has 0 aliphatic carbocycles. The number of thioether (sulfide) groups is 1. The summed E-state index contributed by atoms with van der Waals surface area (Å²) in [5.41, 5.74) is -0.626. The van der Waals surface area contributed by atoms with Crippen LogP contribution in [0.1, 0.15) is 37.5 Å². The number of aromatic nitrogens is 2. The van der Waals surface area contributed by atoms with Crippen molar-refractivity contribution in [2.75, 3.05) is 13.1 Å². The first kappa shape index (κ1) is 29.9.